The third-order valence-corrected chi connectivity index (χ3v) is 6.59. The Bertz CT molecular complexity index is 1470. The molecule has 6 nitrogen and oxygen atoms in total. The molecular weight excluding hydrogens is 440 g/mol. The van der Waals surface area contributed by atoms with E-state index in [1.807, 2.05) is 63.2 Å². The molecule has 0 saturated heterocycles. The second kappa shape index (κ2) is 9.02. The second-order valence-electron chi connectivity index (χ2n) is 9.15. The van der Waals surface area contributed by atoms with Gasteiger partial charge in [-0.25, -0.2) is 4.98 Å². The van der Waals surface area contributed by atoms with E-state index in [1.165, 1.54) is 0 Å². The summed E-state index contributed by atoms with van der Waals surface area (Å²) < 4.78 is 11.9. The Kier molecular flexibility index (Phi) is 5.89. The normalized spacial score (nSPS) is 15.0. The summed E-state index contributed by atoms with van der Waals surface area (Å²) in [6.45, 7) is 8.62. The first-order valence-corrected chi connectivity index (χ1v) is 12.0. The standard InChI is InChI=1S/C29H28N2O4/c1-5-6-13-34-21-10-8-20(9-11-21)26-25-27(32)22-14-18(3)19(4)15-23(22)35-28(25)29(33)31(26)24-12-7-17(2)16-30-24/h7-12,14-16,26H,5-6,13H2,1-4H3. The van der Waals surface area contributed by atoms with E-state index in [4.69, 9.17) is 9.15 Å². The third-order valence-electron chi connectivity index (χ3n) is 6.59. The van der Waals surface area contributed by atoms with Gasteiger partial charge in [0.1, 0.15) is 17.2 Å². The molecule has 0 saturated carbocycles. The van der Waals surface area contributed by atoms with Gasteiger partial charge in [0.05, 0.1) is 23.6 Å². The lowest BCUT2D eigenvalue weighted by Gasteiger charge is -2.24. The van der Waals surface area contributed by atoms with Gasteiger partial charge in [0, 0.05) is 6.20 Å². The van der Waals surface area contributed by atoms with E-state index >= 15 is 0 Å². The van der Waals surface area contributed by atoms with Crippen LogP contribution in [0.25, 0.3) is 11.0 Å². The van der Waals surface area contributed by atoms with Crippen LogP contribution in [0.4, 0.5) is 5.82 Å². The fourth-order valence-electron chi connectivity index (χ4n) is 4.46. The molecule has 0 aliphatic carbocycles. The molecule has 0 bridgehead atoms. The molecule has 4 aromatic rings. The molecule has 1 amide bonds. The molecule has 3 heterocycles. The van der Waals surface area contributed by atoms with Crippen molar-refractivity contribution < 1.29 is 13.9 Å². The smallest absolute Gasteiger partial charge is 0.296 e. The van der Waals surface area contributed by atoms with Gasteiger partial charge in [0.2, 0.25) is 5.76 Å². The Morgan fingerprint density at radius 3 is 2.43 bits per heavy atom. The van der Waals surface area contributed by atoms with Crippen LogP contribution >= 0.6 is 0 Å². The van der Waals surface area contributed by atoms with Gasteiger partial charge < -0.3 is 9.15 Å². The molecule has 2 aromatic carbocycles. The van der Waals surface area contributed by atoms with Crippen molar-refractivity contribution >= 4 is 22.7 Å². The number of ether oxygens (including phenoxy) is 1. The van der Waals surface area contributed by atoms with Gasteiger partial charge in [-0.1, -0.05) is 31.5 Å². The number of fused-ring (bicyclic) bond motifs is 2. The zero-order valence-corrected chi connectivity index (χ0v) is 20.4. The van der Waals surface area contributed by atoms with Crippen LogP contribution in [-0.2, 0) is 0 Å². The summed E-state index contributed by atoms with van der Waals surface area (Å²) in [5.41, 5.74) is 4.33. The maximum absolute atomic E-state index is 13.8. The molecule has 1 atom stereocenters. The number of carbonyl (C=O) groups excluding carboxylic acids is 1. The predicted molar refractivity (Wildman–Crippen MR) is 136 cm³/mol. The minimum absolute atomic E-state index is 0.0707. The highest BCUT2D eigenvalue weighted by Gasteiger charge is 2.44. The highest BCUT2D eigenvalue weighted by atomic mass is 16.5. The molecule has 0 radical (unpaired) electrons. The van der Waals surface area contributed by atoms with Crippen molar-refractivity contribution in [3.8, 4) is 5.75 Å². The maximum Gasteiger partial charge on any atom is 0.296 e. The highest BCUT2D eigenvalue weighted by Crippen LogP contribution is 2.41. The first-order chi connectivity index (χ1) is 16.9. The lowest BCUT2D eigenvalue weighted by atomic mass is 9.97. The molecule has 1 unspecified atom stereocenters. The van der Waals surface area contributed by atoms with Crippen LogP contribution in [0.15, 0.2) is 63.9 Å². The quantitative estimate of drug-likeness (QED) is 0.323. The maximum atomic E-state index is 13.8. The van der Waals surface area contributed by atoms with Crippen molar-refractivity contribution in [2.24, 2.45) is 0 Å². The van der Waals surface area contributed by atoms with E-state index in [9.17, 15) is 9.59 Å². The zero-order valence-electron chi connectivity index (χ0n) is 20.4. The van der Waals surface area contributed by atoms with Crippen LogP contribution in [0.5, 0.6) is 5.75 Å². The Hall–Kier alpha value is -3.93. The first kappa shape index (κ1) is 22.8. The number of rotatable bonds is 6. The molecule has 0 fully saturated rings. The second-order valence-corrected chi connectivity index (χ2v) is 9.15. The number of hydrogen-bond donors (Lipinski definition) is 0. The third kappa shape index (κ3) is 3.99. The summed E-state index contributed by atoms with van der Waals surface area (Å²) in [5.74, 6) is 0.919. The fraction of sp³-hybridized carbons (Fsp3) is 0.276. The van der Waals surface area contributed by atoms with Crippen molar-refractivity contribution in [1.29, 1.82) is 0 Å². The average molecular weight is 469 g/mol. The van der Waals surface area contributed by atoms with Crippen LogP contribution in [0.2, 0.25) is 0 Å². The predicted octanol–water partition coefficient (Wildman–Crippen LogP) is 6.04. The molecule has 0 N–H and O–H groups in total. The van der Waals surface area contributed by atoms with E-state index in [2.05, 4.69) is 11.9 Å². The molecular formula is C29H28N2O4. The summed E-state index contributed by atoms with van der Waals surface area (Å²) in [6.07, 6.45) is 3.75. The van der Waals surface area contributed by atoms with E-state index in [0.717, 1.165) is 40.8 Å². The minimum Gasteiger partial charge on any atom is -0.494 e. The summed E-state index contributed by atoms with van der Waals surface area (Å²) >= 11 is 0. The largest absolute Gasteiger partial charge is 0.494 e. The number of hydrogen-bond acceptors (Lipinski definition) is 5. The van der Waals surface area contributed by atoms with Gasteiger partial charge in [0.25, 0.3) is 5.91 Å². The van der Waals surface area contributed by atoms with Gasteiger partial charge >= 0.3 is 0 Å². The van der Waals surface area contributed by atoms with E-state index < -0.39 is 6.04 Å². The number of aromatic nitrogens is 1. The van der Waals surface area contributed by atoms with Crippen molar-refractivity contribution in [2.75, 3.05) is 11.5 Å². The number of benzene rings is 2. The van der Waals surface area contributed by atoms with E-state index in [0.29, 0.717) is 29.0 Å². The van der Waals surface area contributed by atoms with Crippen molar-refractivity contribution in [3.63, 3.8) is 0 Å². The molecule has 0 spiro atoms. The Balaban J connectivity index is 1.68. The molecule has 1 aliphatic rings. The zero-order chi connectivity index (χ0) is 24.7. The lowest BCUT2D eigenvalue weighted by molar-refractivity contribution is 0.0970. The summed E-state index contributed by atoms with van der Waals surface area (Å²) in [7, 11) is 0. The van der Waals surface area contributed by atoms with Crippen molar-refractivity contribution in [1.82, 2.24) is 4.98 Å². The number of pyridine rings is 1. The van der Waals surface area contributed by atoms with Crippen LogP contribution < -0.4 is 15.1 Å². The van der Waals surface area contributed by atoms with Crippen LogP contribution in [0, 0.1) is 20.8 Å². The molecule has 1 aliphatic heterocycles. The first-order valence-electron chi connectivity index (χ1n) is 12.0. The monoisotopic (exact) mass is 468 g/mol. The van der Waals surface area contributed by atoms with Gasteiger partial charge in [-0.2, -0.15) is 0 Å². The summed E-state index contributed by atoms with van der Waals surface area (Å²) in [6, 6.07) is 14.3. The molecule has 178 valence electrons. The van der Waals surface area contributed by atoms with Crippen LogP contribution in [0.3, 0.4) is 0 Å². The molecule has 6 heteroatoms. The number of amides is 1. The summed E-state index contributed by atoms with van der Waals surface area (Å²) in [4.78, 5) is 33.5. The number of carbonyl (C=O) groups is 1. The van der Waals surface area contributed by atoms with Crippen LogP contribution in [0.1, 0.15) is 64.2 Å². The van der Waals surface area contributed by atoms with Gasteiger partial charge in [-0.15, -0.1) is 0 Å². The van der Waals surface area contributed by atoms with Gasteiger partial charge in [-0.3, -0.25) is 14.5 Å². The number of nitrogens with zero attached hydrogens (tertiary/aromatic N) is 2. The summed E-state index contributed by atoms with van der Waals surface area (Å²) in [5, 5.41) is 0.475. The van der Waals surface area contributed by atoms with E-state index in [1.54, 1.807) is 17.2 Å². The number of anilines is 1. The van der Waals surface area contributed by atoms with Crippen molar-refractivity contribution in [2.45, 2.75) is 46.6 Å². The molecule has 5 rings (SSSR count). The number of unbranched alkanes of at least 4 members (excludes halogenated alkanes) is 1. The topological polar surface area (TPSA) is 72.6 Å². The SMILES string of the molecule is CCCCOc1ccc(C2c3c(oc4cc(C)c(C)cc4c3=O)C(=O)N2c2ccc(C)cn2)cc1. The lowest BCUT2D eigenvalue weighted by Crippen LogP contribution is -2.30. The highest BCUT2D eigenvalue weighted by molar-refractivity contribution is 6.10. The average Bonchev–Trinajstić information content (AvgIpc) is 3.14. The molecule has 2 aromatic heterocycles. The Morgan fingerprint density at radius 2 is 1.74 bits per heavy atom. The fourth-order valence-corrected chi connectivity index (χ4v) is 4.46. The Labute approximate surface area is 204 Å². The van der Waals surface area contributed by atoms with Gasteiger partial charge in [0.15, 0.2) is 5.43 Å². The van der Waals surface area contributed by atoms with Gasteiger partial charge in [-0.05, 0) is 79.8 Å². The minimum atomic E-state index is -0.653. The van der Waals surface area contributed by atoms with Crippen molar-refractivity contribution in [3.05, 3.63) is 98.5 Å². The van der Waals surface area contributed by atoms with Crippen LogP contribution in [-0.4, -0.2) is 17.5 Å². The molecule has 35 heavy (non-hydrogen) atoms. The number of aryl methyl sites for hydroxylation is 3. The Morgan fingerprint density at radius 1 is 1.00 bits per heavy atom. The van der Waals surface area contributed by atoms with E-state index in [-0.39, 0.29) is 17.1 Å².